The SMILES string of the molecule is COc1cccc([C@H]2C(C(=O)Nc3ccccc3)=C(C)Nc3ncnn32)c1OC. The molecule has 2 heterocycles. The maximum Gasteiger partial charge on any atom is 0.255 e. The monoisotopic (exact) mass is 391 g/mol. The molecule has 0 saturated heterocycles. The van der Waals surface area contributed by atoms with E-state index in [1.165, 1.54) is 6.33 Å². The first-order chi connectivity index (χ1) is 14.1. The summed E-state index contributed by atoms with van der Waals surface area (Å²) in [5.74, 6) is 1.43. The van der Waals surface area contributed by atoms with Crippen LogP contribution in [-0.2, 0) is 4.79 Å². The largest absolute Gasteiger partial charge is 0.493 e. The predicted octanol–water partition coefficient (Wildman–Crippen LogP) is 3.22. The fraction of sp³-hybridized carbons (Fsp3) is 0.190. The summed E-state index contributed by atoms with van der Waals surface area (Å²) >= 11 is 0. The van der Waals surface area contributed by atoms with Crippen LogP contribution in [0.4, 0.5) is 11.6 Å². The highest BCUT2D eigenvalue weighted by atomic mass is 16.5. The topological polar surface area (TPSA) is 90.3 Å². The minimum Gasteiger partial charge on any atom is -0.493 e. The van der Waals surface area contributed by atoms with Crippen LogP contribution in [0.5, 0.6) is 11.5 Å². The first kappa shape index (κ1) is 18.5. The molecule has 1 amide bonds. The normalized spacial score (nSPS) is 15.3. The molecule has 0 bridgehead atoms. The van der Waals surface area contributed by atoms with E-state index in [9.17, 15) is 4.79 Å². The molecule has 29 heavy (non-hydrogen) atoms. The highest BCUT2D eigenvalue weighted by Crippen LogP contribution is 2.42. The summed E-state index contributed by atoms with van der Waals surface area (Å²) in [5, 5.41) is 10.5. The van der Waals surface area contributed by atoms with Gasteiger partial charge in [0.25, 0.3) is 5.91 Å². The van der Waals surface area contributed by atoms with Crippen LogP contribution in [-0.4, -0.2) is 34.9 Å². The van der Waals surface area contributed by atoms with Crippen LogP contribution >= 0.6 is 0 Å². The zero-order valence-electron chi connectivity index (χ0n) is 16.3. The van der Waals surface area contributed by atoms with Gasteiger partial charge in [0.1, 0.15) is 12.4 Å². The number of amides is 1. The van der Waals surface area contributed by atoms with Gasteiger partial charge >= 0.3 is 0 Å². The average Bonchev–Trinajstić information content (AvgIpc) is 3.20. The zero-order valence-corrected chi connectivity index (χ0v) is 16.3. The lowest BCUT2D eigenvalue weighted by molar-refractivity contribution is -0.113. The summed E-state index contributed by atoms with van der Waals surface area (Å²) in [7, 11) is 3.15. The van der Waals surface area contributed by atoms with Crippen LogP contribution in [0.3, 0.4) is 0 Å². The Morgan fingerprint density at radius 1 is 1.10 bits per heavy atom. The van der Waals surface area contributed by atoms with Gasteiger partial charge in [0.2, 0.25) is 5.95 Å². The summed E-state index contributed by atoms with van der Waals surface area (Å²) in [4.78, 5) is 17.6. The van der Waals surface area contributed by atoms with Gasteiger partial charge in [0.15, 0.2) is 11.5 Å². The number of para-hydroxylation sites is 2. The molecule has 2 aromatic carbocycles. The van der Waals surface area contributed by atoms with E-state index in [0.717, 1.165) is 5.56 Å². The Bertz CT molecular complexity index is 1070. The molecule has 0 aliphatic carbocycles. The van der Waals surface area contributed by atoms with E-state index in [1.807, 2.05) is 55.5 Å². The third-order valence-corrected chi connectivity index (χ3v) is 4.80. The minimum absolute atomic E-state index is 0.239. The number of nitrogens with zero attached hydrogens (tertiary/aromatic N) is 3. The number of nitrogens with one attached hydrogen (secondary N) is 2. The highest BCUT2D eigenvalue weighted by Gasteiger charge is 2.35. The minimum atomic E-state index is -0.539. The van der Waals surface area contributed by atoms with Gasteiger partial charge in [-0.1, -0.05) is 30.3 Å². The number of carbonyl (C=O) groups excluding carboxylic acids is 1. The lowest BCUT2D eigenvalue weighted by Crippen LogP contribution is -2.31. The van der Waals surface area contributed by atoms with Crippen LogP contribution in [0.15, 0.2) is 66.1 Å². The average molecular weight is 391 g/mol. The van der Waals surface area contributed by atoms with Gasteiger partial charge in [0.05, 0.1) is 19.8 Å². The van der Waals surface area contributed by atoms with Gasteiger partial charge in [-0.15, -0.1) is 0 Å². The van der Waals surface area contributed by atoms with E-state index in [2.05, 4.69) is 20.7 Å². The predicted molar refractivity (Wildman–Crippen MR) is 109 cm³/mol. The Kier molecular flexibility index (Phi) is 4.90. The number of aromatic nitrogens is 3. The summed E-state index contributed by atoms with van der Waals surface area (Å²) in [5.41, 5.74) is 2.66. The van der Waals surface area contributed by atoms with E-state index < -0.39 is 6.04 Å². The molecule has 2 N–H and O–H groups in total. The summed E-state index contributed by atoms with van der Waals surface area (Å²) in [6.45, 7) is 1.84. The smallest absolute Gasteiger partial charge is 0.255 e. The number of rotatable bonds is 5. The summed E-state index contributed by atoms with van der Waals surface area (Å²) < 4.78 is 12.8. The third-order valence-electron chi connectivity index (χ3n) is 4.80. The highest BCUT2D eigenvalue weighted by molar-refractivity contribution is 6.06. The van der Waals surface area contributed by atoms with E-state index >= 15 is 0 Å². The van der Waals surface area contributed by atoms with E-state index in [-0.39, 0.29) is 5.91 Å². The van der Waals surface area contributed by atoms with Crippen molar-refractivity contribution < 1.29 is 14.3 Å². The molecule has 8 heteroatoms. The number of methoxy groups -OCH3 is 2. The standard InChI is InChI=1S/C21H21N5O3/c1-13-17(20(27)25-14-8-5-4-6-9-14)18(26-21(24-13)22-12-23-26)15-10-7-11-16(28-2)19(15)29-3/h4-12,18H,1-3H3,(H,25,27)(H,22,23,24)/t18-/m0/s1. The summed E-state index contributed by atoms with van der Waals surface area (Å²) in [6, 6.07) is 14.3. The molecule has 0 spiro atoms. The second-order valence-corrected chi connectivity index (χ2v) is 6.50. The van der Waals surface area contributed by atoms with Crippen LogP contribution in [0.2, 0.25) is 0 Å². The number of hydrogen-bond acceptors (Lipinski definition) is 6. The van der Waals surface area contributed by atoms with Crippen LogP contribution in [0.1, 0.15) is 18.5 Å². The molecular weight excluding hydrogens is 370 g/mol. The number of hydrogen-bond donors (Lipinski definition) is 2. The second kappa shape index (κ2) is 7.67. The number of ether oxygens (including phenoxy) is 2. The Balaban J connectivity index is 1.84. The van der Waals surface area contributed by atoms with E-state index in [4.69, 9.17) is 9.47 Å². The fourth-order valence-electron chi connectivity index (χ4n) is 3.52. The lowest BCUT2D eigenvalue weighted by Gasteiger charge is -2.30. The van der Waals surface area contributed by atoms with Crippen molar-refractivity contribution >= 4 is 17.5 Å². The molecule has 1 aliphatic rings. The van der Waals surface area contributed by atoms with Gasteiger partial charge in [-0.25, -0.2) is 4.68 Å². The number of benzene rings is 2. The molecule has 4 rings (SSSR count). The first-order valence-electron chi connectivity index (χ1n) is 9.08. The van der Waals surface area contributed by atoms with Gasteiger partial charge in [-0.05, 0) is 25.1 Å². The molecule has 1 atom stereocenters. The molecule has 3 aromatic rings. The number of anilines is 2. The van der Waals surface area contributed by atoms with Crippen molar-refractivity contribution in [2.75, 3.05) is 24.9 Å². The Labute approximate surface area is 168 Å². The van der Waals surface area contributed by atoms with Gasteiger partial charge in [-0.3, -0.25) is 4.79 Å². The van der Waals surface area contributed by atoms with Crippen molar-refractivity contribution in [1.29, 1.82) is 0 Å². The van der Waals surface area contributed by atoms with Gasteiger partial charge < -0.3 is 20.1 Å². The van der Waals surface area contributed by atoms with Crippen LogP contribution in [0.25, 0.3) is 0 Å². The van der Waals surface area contributed by atoms with Crippen molar-refractivity contribution in [1.82, 2.24) is 14.8 Å². The molecule has 1 aromatic heterocycles. The zero-order chi connectivity index (χ0) is 20.4. The van der Waals surface area contributed by atoms with Crippen molar-refractivity contribution in [2.24, 2.45) is 0 Å². The van der Waals surface area contributed by atoms with E-state index in [1.54, 1.807) is 18.9 Å². The van der Waals surface area contributed by atoms with Crippen molar-refractivity contribution in [3.05, 3.63) is 71.7 Å². The molecule has 1 aliphatic heterocycles. The molecule has 0 unspecified atom stereocenters. The molecule has 0 radical (unpaired) electrons. The quantitative estimate of drug-likeness (QED) is 0.694. The van der Waals surface area contributed by atoms with Crippen molar-refractivity contribution in [3.63, 3.8) is 0 Å². The van der Waals surface area contributed by atoms with E-state index in [0.29, 0.717) is 34.4 Å². The Hall–Kier alpha value is -3.81. The van der Waals surface area contributed by atoms with Crippen LogP contribution < -0.4 is 20.1 Å². The Morgan fingerprint density at radius 3 is 2.62 bits per heavy atom. The lowest BCUT2D eigenvalue weighted by atomic mass is 9.94. The number of allylic oxidation sites excluding steroid dienone is 1. The fourth-order valence-corrected chi connectivity index (χ4v) is 3.52. The molecule has 0 fully saturated rings. The van der Waals surface area contributed by atoms with Gasteiger partial charge in [-0.2, -0.15) is 10.1 Å². The van der Waals surface area contributed by atoms with Crippen molar-refractivity contribution in [2.45, 2.75) is 13.0 Å². The number of carbonyl (C=O) groups is 1. The van der Waals surface area contributed by atoms with Gasteiger partial charge in [0, 0.05) is 16.9 Å². The molecule has 8 nitrogen and oxygen atoms in total. The first-order valence-corrected chi connectivity index (χ1v) is 9.08. The van der Waals surface area contributed by atoms with Crippen molar-refractivity contribution in [3.8, 4) is 11.5 Å². The second-order valence-electron chi connectivity index (χ2n) is 6.50. The maximum atomic E-state index is 13.3. The molecule has 148 valence electrons. The summed E-state index contributed by atoms with van der Waals surface area (Å²) in [6.07, 6.45) is 1.45. The van der Waals surface area contributed by atoms with Crippen LogP contribution in [0, 0.1) is 0 Å². The molecule has 0 saturated carbocycles. The third kappa shape index (κ3) is 3.29. The molecular formula is C21H21N5O3. The number of fused-ring (bicyclic) bond motifs is 1. The Morgan fingerprint density at radius 2 is 1.90 bits per heavy atom. The maximum absolute atomic E-state index is 13.3.